The molecule has 0 radical (unpaired) electrons. The van der Waals surface area contributed by atoms with Gasteiger partial charge in [-0.25, -0.2) is 0 Å². The van der Waals surface area contributed by atoms with Gasteiger partial charge in [0, 0.05) is 0 Å². The van der Waals surface area contributed by atoms with Crippen LogP contribution < -0.4 is 23.5 Å². The number of hydrogen-bond acceptors (Lipinski definition) is 3. The van der Waals surface area contributed by atoms with Gasteiger partial charge in [0.15, 0.2) is 0 Å². The molecule has 0 bridgehead atoms. The van der Waals surface area contributed by atoms with Crippen LogP contribution in [0.25, 0.3) is 0 Å². The van der Waals surface area contributed by atoms with Gasteiger partial charge in [-0.05, 0) is 19.1 Å². The third-order valence-electron chi connectivity index (χ3n) is 1.26. The zero-order chi connectivity index (χ0) is 8.27. The van der Waals surface area contributed by atoms with Crippen LogP contribution in [-0.4, -0.2) is 17.4 Å². The average molecular weight is 160 g/mol. The van der Waals surface area contributed by atoms with E-state index in [4.69, 9.17) is 10.0 Å². The van der Waals surface area contributed by atoms with Gasteiger partial charge in [0.2, 0.25) is 0 Å². The molecule has 1 rings (SSSR count). The van der Waals surface area contributed by atoms with E-state index in [2.05, 4.69) is 4.65 Å². The predicted molar refractivity (Wildman–Crippen MR) is 43.1 cm³/mol. The number of benzene rings is 1. The molecular weight excluding hydrogens is 150 g/mol. The van der Waals surface area contributed by atoms with E-state index in [1.165, 1.54) is 0 Å². The first kappa shape index (κ1) is 11.6. The van der Waals surface area contributed by atoms with Gasteiger partial charge in [-0.3, -0.25) is 0 Å². The van der Waals surface area contributed by atoms with E-state index < -0.39 is 7.32 Å². The topological polar surface area (TPSA) is 49.7 Å². The van der Waals surface area contributed by atoms with Crippen LogP contribution in [0.2, 0.25) is 0 Å². The summed E-state index contributed by atoms with van der Waals surface area (Å²) in [6.45, 7) is 1.94. The first-order valence-electron chi connectivity index (χ1n) is 3.28. The van der Waals surface area contributed by atoms with Crippen LogP contribution >= 0.6 is 0 Å². The summed E-state index contributed by atoms with van der Waals surface area (Å²) >= 11 is 0. The van der Waals surface area contributed by atoms with E-state index in [9.17, 15) is 0 Å². The second-order valence-corrected chi connectivity index (χ2v) is 2.26. The minimum absolute atomic E-state index is 0. The largest absolute Gasteiger partial charge is 1.00 e. The molecule has 0 aromatic heterocycles. The molecule has 0 spiro atoms. The zero-order valence-electron chi connectivity index (χ0n) is 8.19. The van der Waals surface area contributed by atoms with Crippen molar-refractivity contribution in [1.82, 2.24) is 0 Å². The van der Waals surface area contributed by atoms with Gasteiger partial charge in [-0.2, -0.15) is 0 Å². The maximum Gasteiger partial charge on any atom is 1.00 e. The van der Waals surface area contributed by atoms with Crippen molar-refractivity contribution in [2.24, 2.45) is 0 Å². The summed E-state index contributed by atoms with van der Waals surface area (Å²) < 4.78 is 4.58. The second kappa shape index (κ2) is 5.28. The molecule has 0 heterocycles. The fourth-order valence-corrected chi connectivity index (χ4v) is 0.739. The molecule has 0 aliphatic rings. The fourth-order valence-electron chi connectivity index (χ4n) is 0.739. The predicted octanol–water partition coefficient (Wildman–Crippen LogP) is -2.54. The molecule has 0 unspecified atom stereocenters. The Kier molecular flexibility index (Phi) is 5.11. The third kappa shape index (κ3) is 3.84. The summed E-state index contributed by atoms with van der Waals surface area (Å²) in [6, 6.07) is 7.01. The number of hydrogen-bond donors (Lipinski definition) is 2. The molecule has 0 amide bonds. The summed E-state index contributed by atoms with van der Waals surface area (Å²) in [5.41, 5.74) is 1.10. The maximum absolute atomic E-state index is 8.41. The maximum atomic E-state index is 8.41. The van der Waals surface area contributed by atoms with E-state index in [0.717, 1.165) is 5.56 Å². The zero-order valence-corrected chi connectivity index (χ0v) is 7.19. The van der Waals surface area contributed by atoms with E-state index in [1.54, 1.807) is 12.1 Å². The van der Waals surface area contributed by atoms with Crippen molar-refractivity contribution in [1.29, 1.82) is 0 Å². The summed E-state index contributed by atoms with van der Waals surface area (Å²) in [4.78, 5) is 0. The third-order valence-corrected chi connectivity index (χ3v) is 1.26. The van der Waals surface area contributed by atoms with E-state index in [-0.39, 0.29) is 20.3 Å². The van der Waals surface area contributed by atoms with E-state index >= 15 is 0 Å². The fraction of sp³-hybridized carbons (Fsp3) is 0.143. The van der Waals surface area contributed by atoms with Crippen LogP contribution in [0.5, 0.6) is 5.75 Å². The van der Waals surface area contributed by atoms with Gasteiger partial charge in [0.25, 0.3) is 0 Å². The SMILES string of the molecule is Cc1ccc(OB(O)O)cc1.[H-].[Li+]. The molecular formula is C7H10BLiO3. The van der Waals surface area contributed by atoms with Crippen LogP contribution in [0.3, 0.4) is 0 Å². The van der Waals surface area contributed by atoms with Crippen molar-refractivity contribution < 1.29 is 35.0 Å². The van der Waals surface area contributed by atoms with Crippen LogP contribution in [-0.2, 0) is 0 Å². The van der Waals surface area contributed by atoms with Gasteiger partial charge in [0.05, 0.1) is 0 Å². The standard InChI is InChI=1S/C7H9BO3.Li.H/c1-6-2-4-7(5-3-6)11-8(9)10;;/h2-5,9-10H,1H3;;/q;+1;-1. The van der Waals surface area contributed by atoms with Gasteiger partial charge in [-0.1, -0.05) is 17.7 Å². The van der Waals surface area contributed by atoms with Crippen LogP contribution in [0, 0.1) is 6.92 Å². The summed E-state index contributed by atoms with van der Waals surface area (Å²) in [7, 11) is -1.74. The molecule has 5 heteroatoms. The smallest absolute Gasteiger partial charge is 1.00 e. The quantitative estimate of drug-likeness (QED) is 0.468. The monoisotopic (exact) mass is 160 g/mol. The first-order valence-corrected chi connectivity index (χ1v) is 3.28. The van der Waals surface area contributed by atoms with Crippen molar-refractivity contribution >= 4 is 7.32 Å². The molecule has 60 valence electrons. The Hall–Kier alpha value is -0.398. The minimum Gasteiger partial charge on any atom is -1.00 e. The van der Waals surface area contributed by atoms with Crippen molar-refractivity contribution in [3.05, 3.63) is 29.8 Å². The van der Waals surface area contributed by atoms with Gasteiger partial charge < -0.3 is 16.1 Å². The number of aryl methyl sites for hydroxylation is 1. The van der Waals surface area contributed by atoms with E-state index in [0.29, 0.717) is 5.75 Å². The van der Waals surface area contributed by atoms with Crippen molar-refractivity contribution in [3.8, 4) is 5.75 Å². The Bertz CT molecular complexity index is 230. The van der Waals surface area contributed by atoms with Gasteiger partial charge >= 0.3 is 26.2 Å². The Morgan fingerprint density at radius 3 is 2.17 bits per heavy atom. The Morgan fingerprint density at radius 1 is 1.25 bits per heavy atom. The molecule has 3 nitrogen and oxygen atoms in total. The van der Waals surface area contributed by atoms with Gasteiger partial charge in [0.1, 0.15) is 5.75 Å². The Morgan fingerprint density at radius 2 is 1.75 bits per heavy atom. The molecule has 2 N–H and O–H groups in total. The molecule has 0 aliphatic heterocycles. The van der Waals surface area contributed by atoms with Gasteiger partial charge in [-0.15, -0.1) is 0 Å². The van der Waals surface area contributed by atoms with Crippen molar-refractivity contribution in [2.45, 2.75) is 6.92 Å². The molecule has 1 aromatic carbocycles. The summed E-state index contributed by atoms with van der Waals surface area (Å²) in [5, 5.41) is 16.8. The molecule has 0 atom stereocenters. The van der Waals surface area contributed by atoms with Crippen molar-refractivity contribution in [3.63, 3.8) is 0 Å². The average Bonchev–Trinajstić information content (AvgIpc) is 1.93. The first-order chi connectivity index (χ1) is 5.18. The molecule has 1 aromatic rings. The molecule has 12 heavy (non-hydrogen) atoms. The molecule has 0 aliphatic carbocycles. The second-order valence-electron chi connectivity index (χ2n) is 2.26. The Balaban J connectivity index is 0. The van der Waals surface area contributed by atoms with Crippen LogP contribution in [0.4, 0.5) is 0 Å². The Labute approximate surface area is 85.2 Å². The number of rotatable bonds is 2. The normalized spacial score (nSPS) is 8.58. The van der Waals surface area contributed by atoms with Crippen LogP contribution in [0.15, 0.2) is 24.3 Å². The van der Waals surface area contributed by atoms with Crippen molar-refractivity contribution in [2.75, 3.05) is 0 Å². The summed E-state index contributed by atoms with van der Waals surface area (Å²) in [5.74, 6) is 0.450. The summed E-state index contributed by atoms with van der Waals surface area (Å²) in [6.07, 6.45) is 0. The van der Waals surface area contributed by atoms with E-state index in [1.807, 2.05) is 19.1 Å². The molecule has 0 fully saturated rings. The molecule has 0 saturated heterocycles. The minimum atomic E-state index is -1.74. The van der Waals surface area contributed by atoms with Crippen LogP contribution in [0.1, 0.15) is 6.99 Å². The molecule has 0 saturated carbocycles.